The van der Waals surface area contributed by atoms with Gasteiger partial charge in [-0.2, -0.15) is 5.10 Å². The van der Waals surface area contributed by atoms with Gasteiger partial charge in [0, 0.05) is 12.8 Å². The van der Waals surface area contributed by atoms with Gasteiger partial charge in [-0.1, -0.05) is 18.2 Å². The number of nitrogens with one attached hydrogen (secondary N) is 2. The molecule has 2 aromatic rings. The molecule has 1 fully saturated rings. The van der Waals surface area contributed by atoms with E-state index in [1.807, 2.05) is 18.2 Å². The number of carbonyl (C=O) groups is 2. The molecule has 4 rings (SSSR count). The van der Waals surface area contributed by atoms with Crippen molar-refractivity contribution in [3.05, 3.63) is 42.7 Å². The van der Waals surface area contributed by atoms with Crippen LogP contribution in [0.5, 0.6) is 0 Å². The van der Waals surface area contributed by atoms with Gasteiger partial charge in [0.15, 0.2) is 0 Å². The number of amidine groups is 1. The van der Waals surface area contributed by atoms with Crippen LogP contribution in [0.3, 0.4) is 0 Å². The van der Waals surface area contributed by atoms with Gasteiger partial charge < -0.3 is 10.1 Å². The highest BCUT2D eigenvalue weighted by atomic mass is 16.5. The number of carbonyl (C=O) groups excluding carboxylic acids is 2. The first-order valence-corrected chi connectivity index (χ1v) is 9.29. The number of hydrogen-bond donors (Lipinski definition) is 2. The van der Waals surface area contributed by atoms with Gasteiger partial charge in [0.2, 0.25) is 5.84 Å². The van der Waals surface area contributed by atoms with Gasteiger partial charge >= 0.3 is 0 Å². The minimum absolute atomic E-state index is 0.0721. The van der Waals surface area contributed by atoms with Crippen molar-refractivity contribution in [1.82, 2.24) is 15.2 Å². The van der Waals surface area contributed by atoms with Gasteiger partial charge in [0.25, 0.3) is 11.8 Å². The van der Waals surface area contributed by atoms with E-state index in [2.05, 4.69) is 20.8 Å². The number of benzene rings is 1. The van der Waals surface area contributed by atoms with Crippen LogP contribution in [0, 0.1) is 0 Å². The second-order valence-corrected chi connectivity index (χ2v) is 6.81. The van der Waals surface area contributed by atoms with Gasteiger partial charge in [-0.15, -0.1) is 0 Å². The maximum absolute atomic E-state index is 12.6. The first-order valence-electron chi connectivity index (χ1n) is 9.29. The van der Waals surface area contributed by atoms with Crippen molar-refractivity contribution in [2.75, 3.05) is 16.9 Å². The summed E-state index contributed by atoms with van der Waals surface area (Å²) < 4.78 is 7.36. The molecule has 0 radical (unpaired) electrons. The average molecular weight is 382 g/mol. The van der Waals surface area contributed by atoms with Crippen LogP contribution in [0.2, 0.25) is 0 Å². The molecule has 0 bridgehead atoms. The first-order chi connectivity index (χ1) is 13.6. The summed E-state index contributed by atoms with van der Waals surface area (Å²) in [5.74, 6) is -0.591. The molecule has 9 nitrogen and oxygen atoms in total. The molecule has 2 aliphatic heterocycles. The average Bonchev–Trinajstić information content (AvgIpc) is 3.37. The zero-order valence-electron chi connectivity index (χ0n) is 15.5. The van der Waals surface area contributed by atoms with Crippen molar-refractivity contribution in [3.63, 3.8) is 0 Å². The summed E-state index contributed by atoms with van der Waals surface area (Å²) in [6.45, 7) is 3.10. The number of anilines is 2. The van der Waals surface area contributed by atoms with Crippen molar-refractivity contribution < 1.29 is 14.3 Å². The molecule has 9 heteroatoms. The Morgan fingerprint density at radius 2 is 2.18 bits per heavy atom. The zero-order valence-corrected chi connectivity index (χ0v) is 15.5. The van der Waals surface area contributed by atoms with Crippen LogP contribution in [0.15, 0.2) is 47.7 Å². The summed E-state index contributed by atoms with van der Waals surface area (Å²) in [7, 11) is 0. The molecule has 1 aromatic carbocycles. The van der Waals surface area contributed by atoms with Crippen molar-refractivity contribution in [1.29, 1.82) is 0 Å². The van der Waals surface area contributed by atoms with E-state index in [1.165, 1.54) is 5.01 Å². The number of ether oxygens (including phenoxy) is 1. The van der Waals surface area contributed by atoms with E-state index in [4.69, 9.17) is 4.74 Å². The molecular weight excluding hydrogens is 360 g/mol. The minimum atomic E-state index is -0.663. The van der Waals surface area contributed by atoms with Crippen molar-refractivity contribution in [3.8, 4) is 0 Å². The number of rotatable bonds is 5. The quantitative estimate of drug-likeness (QED) is 0.813. The predicted molar refractivity (Wildman–Crippen MR) is 104 cm³/mol. The fourth-order valence-electron chi connectivity index (χ4n) is 3.22. The minimum Gasteiger partial charge on any atom is -0.376 e. The van der Waals surface area contributed by atoms with E-state index in [9.17, 15) is 9.59 Å². The zero-order chi connectivity index (χ0) is 19.5. The van der Waals surface area contributed by atoms with Crippen LogP contribution < -0.4 is 15.8 Å². The van der Waals surface area contributed by atoms with Crippen LogP contribution in [0.4, 0.5) is 11.4 Å². The van der Waals surface area contributed by atoms with Gasteiger partial charge in [-0.25, -0.2) is 10.0 Å². The van der Waals surface area contributed by atoms with Crippen molar-refractivity contribution in [2.24, 2.45) is 4.99 Å². The smallest absolute Gasteiger partial charge is 0.292 e. The van der Waals surface area contributed by atoms with E-state index in [-0.39, 0.29) is 17.8 Å². The van der Waals surface area contributed by atoms with Gasteiger partial charge in [-0.05, 0) is 31.9 Å². The van der Waals surface area contributed by atoms with Gasteiger partial charge in [0.05, 0.1) is 30.2 Å². The predicted octanol–water partition coefficient (Wildman–Crippen LogP) is 1.34. The number of amides is 2. The number of nitrogens with zero attached hydrogens (tertiary/aromatic N) is 4. The lowest BCUT2D eigenvalue weighted by atomic mass is 10.2. The normalized spacial score (nSPS) is 22.0. The molecule has 28 heavy (non-hydrogen) atoms. The largest absolute Gasteiger partial charge is 0.376 e. The van der Waals surface area contributed by atoms with Crippen molar-refractivity contribution >= 4 is 29.0 Å². The number of hydrazine groups is 1. The Morgan fingerprint density at radius 1 is 1.36 bits per heavy atom. The molecule has 2 N–H and O–H groups in total. The highest BCUT2D eigenvalue weighted by molar-refractivity contribution is 6.43. The van der Waals surface area contributed by atoms with E-state index in [1.54, 1.807) is 36.1 Å². The molecular formula is C19H22N6O3. The van der Waals surface area contributed by atoms with Crippen LogP contribution in [-0.2, 0) is 20.9 Å². The Balaban J connectivity index is 1.43. The van der Waals surface area contributed by atoms with Gasteiger partial charge in [-0.3, -0.25) is 19.7 Å². The fraction of sp³-hybridized carbons (Fsp3) is 0.368. The molecule has 0 spiro atoms. The van der Waals surface area contributed by atoms with Crippen LogP contribution in [0.25, 0.3) is 0 Å². The van der Waals surface area contributed by atoms with E-state index in [0.717, 1.165) is 19.4 Å². The Hall–Kier alpha value is -3.20. The van der Waals surface area contributed by atoms with Crippen LogP contribution in [0.1, 0.15) is 19.8 Å². The van der Waals surface area contributed by atoms with E-state index < -0.39 is 11.9 Å². The van der Waals surface area contributed by atoms with Crippen LogP contribution in [-0.4, -0.2) is 46.2 Å². The lowest BCUT2D eigenvalue weighted by Crippen LogP contribution is -2.57. The standard InChI is InChI=1S/C19H22N6O3/c1-13-19(27)25(15-6-3-2-4-7-15)23-17(21-13)18(26)22-14-10-20-24(11-14)12-16-8-5-9-28-16/h2-4,6-7,10-11,13,16H,5,8-9,12H2,1H3,(H,21,23)(H,22,26). The monoisotopic (exact) mass is 382 g/mol. The third kappa shape index (κ3) is 3.89. The second kappa shape index (κ2) is 7.81. The Kier molecular flexibility index (Phi) is 5.07. The summed E-state index contributed by atoms with van der Waals surface area (Å²) in [6, 6.07) is 8.41. The molecule has 3 heterocycles. The number of aliphatic imine (C=N–C) groups is 1. The SMILES string of the molecule is CC1N=C(C(=O)Nc2cnn(CC3CCCO3)c2)NN(c2ccccc2)C1=O. The molecule has 146 valence electrons. The molecule has 2 amide bonds. The molecule has 1 saturated heterocycles. The lowest BCUT2D eigenvalue weighted by Gasteiger charge is -2.30. The van der Waals surface area contributed by atoms with Crippen molar-refractivity contribution in [2.45, 2.75) is 38.5 Å². The van der Waals surface area contributed by atoms with Gasteiger partial charge in [0.1, 0.15) is 6.04 Å². The topological polar surface area (TPSA) is 101 Å². The fourth-order valence-corrected chi connectivity index (χ4v) is 3.22. The molecule has 2 unspecified atom stereocenters. The molecule has 0 aliphatic carbocycles. The first kappa shape index (κ1) is 18.2. The third-order valence-electron chi connectivity index (χ3n) is 4.65. The number of hydrogen-bond acceptors (Lipinski definition) is 6. The molecule has 1 aromatic heterocycles. The Bertz CT molecular complexity index is 888. The Labute approximate surface area is 162 Å². The third-order valence-corrected chi connectivity index (χ3v) is 4.65. The maximum atomic E-state index is 12.6. The summed E-state index contributed by atoms with van der Waals surface area (Å²) in [5, 5.41) is 8.38. The molecule has 2 atom stereocenters. The lowest BCUT2D eigenvalue weighted by molar-refractivity contribution is -0.120. The maximum Gasteiger partial charge on any atom is 0.292 e. The molecule has 2 aliphatic rings. The number of aromatic nitrogens is 2. The highest BCUT2D eigenvalue weighted by Gasteiger charge is 2.30. The summed E-state index contributed by atoms with van der Waals surface area (Å²) in [6.07, 6.45) is 5.59. The van der Waals surface area contributed by atoms with E-state index >= 15 is 0 Å². The number of para-hydroxylation sites is 1. The Morgan fingerprint density at radius 3 is 2.93 bits per heavy atom. The summed E-state index contributed by atoms with van der Waals surface area (Å²) in [5.41, 5.74) is 4.01. The molecule has 0 saturated carbocycles. The highest BCUT2D eigenvalue weighted by Crippen LogP contribution is 2.17. The summed E-state index contributed by atoms with van der Waals surface area (Å²) in [4.78, 5) is 29.2. The second-order valence-electron chi connectivity index (χ2n) is 6.81. The van der Waals surface area contributed by atoms with Crippen LogP contribution >= 0.6 is 0 Å². The van der Waals surface area contributed by atoms with E-state index in [0.29, 0.717) is 17.9 Å². The summed E-state index contributed by atoms with van der Waals surface area (Å²) >= 11 is 0.